The maximum absolute atomic E-state index is 10.0. The van der Waals surface area contributed by atoms with Gasteiger partial charge in [-0.2, -0.15) is 5.10 Å². The fourth-order valence-electron chi connectivity index (χ4n) is 1.91. The summed E-state index contributed by atoms with van der Waals surface area (Å²) < 4.78 is 0. The number of hydrogen-bond acceptors (Lipinski definition) is 4. The fraction of sp³-hybridized carbons (Fsp3) is 0.0714. The fourth-order valence-corrected chi connectivity index (χ4v) is 3.44. The van der Waals surface area contributed by atoms with Crippen LogP contribution in [0.1, 0.15) is 16.5 Å². The zero-order chi connectivity index (χ0) is 14.1. The topological polar surface area (TPSA) is 44.6 Å². The van der Waals surface area contributed by atoms with Crippen LogP contribution in [0, 0.1) is 0 Å². The molecule has 2 N–H and O–H groups in total. The Kier molecular flexibility index (Phi) is 3.78. The van der Waals surface area contributed by atoms with Crippen molar-refractivity contribution in [1.29, 1.82) is 0 Å². The van der Waals surface area contributed by atoms with Crippen molar-refractivity contribution in [1.82, 2.24) is 5.43 Å². The summed E-state index contributed by atoms with van der Waals surface area (Å²) in [6.07, 6.45) is 0. The number of benzene rings is 2. The van der Waals surface area contributed by atoms with Crippen LogP contribution in [-0.2, 0) is 0 Å². The average Bonchev–Trinajstić information content (AvgIpc) is 2.93. The first kappa shape index (κ1) is 13.6. The van der Waals surface area contributed by atoms with E-state index in [4.69, 9.17) is 23.2 Å². The van der Waals surface area contributed by atoms with Gasteiger partial charge < -0.3 is 5.11 Å². The van der Waals surface area contributed by atoms with Crippen molar-refractivity contribution >= 4 is 40.0 Å². The van der Waals surface area contributed by atoms with Gasteiger partial charge >= 0.3 is 0 Å². The Morgan fingerprint density at radius 1 is 1.15 bits per heavy atom. The lowest BCUT2D eigenvalue weighted by Gasteiger charge is -2.13. The minimum Gasteiger partial charge on any atom is -0.506 e. The number of nitrogens with zero attached hydrogens (tertiary/aromatic N) is 1. The van der Waals surface area contributed by atoms with Crippen LogP contribution in [0.15, 0.2) is 47.6 Å². The summed E-state index contributed by atoms with van der Waals surface area (Å²) >= 11 is 13.4. The van der Waals surface area contributed by atoms with Gasteiger partial charge in [0.25, 0.3) is 0 Å². The number of aromatic hydroxyl groups is 1. The summed E-state index contributed by atoms with van der Waals surface area (Å²) in [5.41, 5.74) is 4.65. The molecule has 2 aromatic carbocycles. The first-order valence-electron chi connectivity index (χ1n) is 5.88. The summed E-state index contributed by atoms with van der Waals surface area (Å²) in [6, 6.07) is 13.1. The Morgan fingerprint density at radius 3 is 2.65 bits per heavy atom. The van der Waals surface area contributed by atoms with Gasteiger partial charge in [-0.1, -0.05) is 65.3 Å². The predicted octanol–water partition coefficient (Wildman–Crippen LogP) is 4.40. The smallest absolute Gasteiger partial charge is 0.140 e. The summed E-state index contributed by atoms with van der Waals surface area (Å²) in [5.74, 6) is 0.0329. The van der Waals surface area contributed by atoms with Crippen molar-refractivity contribution in [2.24, 2.45) is 5.10 Å². The molecule has 0 fully saturated rings. The lowest BCUT2D eigenvalue weighted by Crippen LogP contribution is -2.07. The molecule has 3 rings (SSSR count). The van der Waals surface area contributed by atoms with E-state index < -0.39 is 0 Å². The van der Waals surface area contributed by atoms with Gasteiger partial charge in [0.05, 0.1) is 5.02 Å². The third kappa shape index (κ3) is 2.59. The lowest BCUT2D eigenvalue weighted by atomic mass is 10.2. The van der Waals surface area contributed by atoms with Gasteiger partial charge in [0, 0.05) is 16.1 Å². The third-order valence-electron chi connectivity index (χ3n) is 2.87. The van der Waals surface area contributed by atoms with Crippen LogP contribution in [0.4, 0.5) is 0 Å². The molecule has 1 aliphatic rings. The normalized spacial score (nSPS) is 17.7. The summed E-state index contributed by atoms with van der Waals surface area (Å²) in [7, 11) is 0. The van der Waals surface area contributed by atoms with Gasteiger partial charge in [-0.15, -0.1) is 0 Å². The SMILES string of the molecule is Oc1c(Cl)cc(Cl)cc1C1NN=C(c2ccccc2)S1. The van der Waals surface area contributed by atoms with Crippen molar-refractivity contribution in [2.45, 2.75) is 5.37 Å². The standard InChI is InChI=1S/C14H10Cl2N2OS/c15-9-6-10(12(19)11(16)7-9)14-18-17-13(20-14)8-4-2-1-3-5-8/h1-7,14,18-19H. The van der Waals surface area contributed by atoms with Crippen molar-refractivity contribution < 1.29 is 5.11 Å². The van der Waals surface area contributed by atoms with Gasteiger partial charge in [-0.25, -0.2) is 0 Å². The van der Waals surface area contributed by atoms with Gasteiger partial charge in [0.15, 0.2) is 0 Å². The number of rotatable bonds is 2. The molecule has 2 aromatic rings. The summed E-state index contributed by atoms with van der Waals surface area (Å²) in [6.45, 7) is 0. The Morgan fingerprint density at radius 2 is 1.90 bits per heavy atom. The molecule has 0 amide bonds. The second-order valence-electron chi connectivity index (χ2n) is 4.24. The van der Waals surface area contributed by atoms with E-state index in [2.05, 4.69) is 10.5 Å². The number of hydrazone groups is 1. The quantitative estimate of drug-likeness (QED) is 0.860. The van der Waals surface area contributed by atoms with E-state index in [0.29, 0.717) is 10.6 Å². The first-order chi connectivity index (χ1) is 9.65. The summed E-state index contributed by atoms with van der Waals surface area (Å²) in [4.78, 5) is 0. The Hall–Kier alpha value is -1.36. The molecule has 0 saturated heterocycles. The van der Waals surface area contributed by atoms with Gasteiger partial charge in [0.1, 0.15) is 16.2 Å². The number of phenolic OH excluding ortho intramolecular Hbond substituents is 1. The number of nitrogens with one attached hydrogen (secondary N) is 1. The number of phenols is 1. The molecule has 1 atom stereocenters. The Bertz CT molecular complexity index is 676. The van der Waals surface area contributed by atoms with Crippen LogP contribution < -0.4 is 5.43 Å². The molecule has 0 bridgehead atoms. The Balaban J connectivity index is 1.86. The maximum atomic E-state index is 10.0. The molecule has 0 aliphatic carbocycles. The highest BCUT2D eigenvalue weighted by Gasteiger charge is 2.25. The number of hydrogen-bond donors (Lipinski definition) is 2. The van der Waals surface area contributed by atoms with Crippen molar-refractivity contribution in [3.05, 3.63) is 63.6 Å². The second-order valence-corrected chi connectivity index (χ2v) is 6.17. The minimum absolute atomic E-state index is 0.0329. The molecule has 1 unspecified atom stereocenters. The number of halogens is 2. The van der Waals surface area contributed by atoms with Gasteiger partial charge in [0.2, 0.25) is 0 Å². The molecule has 3 nitrogen and oxygen atoms in total. The first-order valence-corrected chi connectivity index (χ1v) is 7.52. The molecule has 6 heteroatoms. The van der Waals surface area contributed by atoms with Gasteiger partial charge in [-0.3, -0.25) is 5.43 Å². The monoisotopic (exact) mass is 324 g/mol. The van der Waals surface area contributed by atoms with Crippen LogP contribution in [-0.4, -0.2) is 10.2 Å². The van der Waals surface area contributed by atoms with Gasteiger partial charge in [-0.05, 0) is 12.1 Å². The average molecular weight is 325 g/mol. The van der Waals surface area contributed by atoms with Crippen molar-refractivity contribution in [2.75, 3.05) is 0 Å². The molecule has 20 heavy (non-hydrogen) atoms. The molecule has 102 valence electrons. The predicted molar refractivity (Wildman–Crippen MR) is 84.6 cm³/mol. The van der Waals surface area contributed by atoms with E-state index >= 15 is 0 Å². The minimum atomic E-state index is -0.207. The van der Waals surface area contributed by atoms with Crippen LogP contribution in [0.25, 0.3) is 0 Å². The van der Waals surface area contributed by atoms with E-state index in [-0.39, 0.29) is 16.1 Å². The summed E-state index contributed by atoms with van der Waals surface area (Å²) in [5, 5.41) is 15.7. The molecule has 0 radical (unpaired) electrons. The van der Waals surface area contributed by atoms with Crippen LogP contribution in [0.5, 0.6) is 5.75 Å². The zero-order valence-electron chi connectivity index (χ0n) is 10.2. The highest BCUT2D eigenvalue weighted by molar-refractivity contribution is 8.14. The lowest BCUT2D eigenvalue weighted by molar-refractivity contribution is 0.465. The zero-order valence-corrected chi connectivity index (χ0v) is 12.5. The Labute approximate surface area is 130 Å². The molecular weight excluding hydrogens is 315 g/mol. The van der Waals surface area contributed by atoms with Crippen LogP contribution in [0.3, 0.4) is 0 Å². The van der Waals surface area contributed by atoms with Crippen molar-refractivity contribution in [3.8, 4) is 5.75 Å². The molecule has 1 aliphatic heterocycles. The van der Waals surface area contributed by atoms with E-state index in [0.717, 1.165) is 10.6 Å². The second kappa shape index (κ2) is 5.56. The molecule has 1 heterocycles. The third-order valence-corrected chi connectivity index (χ3v) is 4.53. The highest BCUT2D eigenvalue weighted by Crippen LogP contribution is 2.42. The van der Waals surface area contributed by atoms with Crippen LogP contribution in [0.2, 0.25) is 10.0 Å². The maximum Gasteiger partial charge on any atom is 0.140 e. The van der Waals surface area contributed by atoms with E-state index in [1.807, 2.05) is 30.3 Å². The van der Waals surface area contributed by atoms with Crippen LogP contribution >= 0.6 is 35.0 Å². The molecule has 0 spiro atoms. The van der Waals surface area contributed by atoms with E-state index in [1.165, 1.54) is 17.8 Å². The van der Waals surface area contributed by atoms with E-state index in [1.54, 1.807) is 6.07 Å². The molecular formula is C14H10Cl2N2OS. The molecule has 0 saturated carbocycles. The highest BCUT2D eigenvalue weighted by atomic mass is 35.5. The molecule has 0 aromatic heterocycles. The van der Waals surface area contributed by atoms with Crippen molar-refractivity contribution in [3.63, 3.8) is 0 Å². The number of thioether (sulfide) groups is 1. The largest absolute Gasteiger partial charge is 0.506 e. The van der Waals surface area contributed by atoms with E-state index in [9.17, 15) is 5.11 Å².